The number of piperidine rings is 1. The lowest BCUT2D eigenvalue weighted by molar-refractivity contribution is 0.248. The molecule has 1 aromatic carbocycles. The van der Waals surface area contributed by atoms with Crippen LogP contribution in [-0.2, 0) is 19.4 Å². The van der Waals surface area contributed by atoms with Crippen LogP contribution in [0.5, 0.6) is 0 Å². The molecule has 140 valence electrons. The first-order valence-corrected chi connectivity index (χ1v) is 10.2. The molecule has 3 heterocycles. The normalized spacial score (nSPS) is 17.0. The van der Waals surface area contributed by atoms with Gasteiger partial charge in [0.15, 0.2) is 0 Å². The minimum atomic E-state index is 1.01. The Balaban J connectivity index is 1.48. The fourth-order valence-corrected chi connectivity index (χ4v) is 4.58. The van der Waals surface area contributed by atoms with Gasteiger partial charge in [-0.3, -0.25) is 14.9 Å². The van der Waals surface area contributed by atoms with Crippen LogP contribution in [0.1, 0.15) is 40.8 Å². The predicted molar refractivity (Wildman–Crippen MR) is 113 cm³/mol. The molecule has 28 heavy (non-hydrogen) atoms. The third kappa shape index (κ3) is 3.38. The van der Waals surface area contributed by atoms with Gasteiger partial charge in [0.25, 0.3) is 0 Å². The SMILES string of the molecule is c1ccc2c(c1)CCc1cccnc1C2=C1CCN(Cc2ccncc2)CC1. The molecule has 0 radical (unpaired) electrons. The molecule has 0 atom stereocenters. The van der Waals surface area contributed by atoms with Crippen LogP contribution in [0, 0.1) is 0 Å². The summed E-state index contributed by atoms with van der Waals surface area (Å²) in [7, 11) is 0. The number of rotatable bonds is 2. The minimum Gasteiger partial charge on any atom is -0.298 e. The van der Waals surface area contributed by atoms with Gasteiger partial charge in [-0.25, -0.2) is 0 Å². The summed E-state index contributed by atoms with van der Waals surface area (Å²) in [6.07, 6.45) is 10.1. The van der Waals surface area contributed by atoms with Crippen molar-refractivity contribution in [1.29, 1.82) is 0 Å². The second-order valence-corrected chi connectivity index (χ2v) is 7.78. The van der Waals surface area contributed by atoms with Crippen molar-refractivity contribution in [2.45, 2.75) is 32.2 Å². The molecule has 0 N–H and O–H groups in total. The maximum absolute atomic E-state index is 4.84. The Morgan fingerprint density at radius 3 is 2.36 bits per heavy atom. The van der Waals surface area contributed by atoms with E-state index in [0.29, 0.717) is 0 Å². The molecule has 3 heteroatoms. The van der Waals surface area contributed by atoms with Crippen molar-refractivity contribution >= 4 is 5.57 Å². The van der Waals surface area contributed by atoms with Gasteiger partial charge in [0.2, 0.25) is 0 Å². The molecular formula is C25H25N3. The number of nitrogens with zero attached hydrogens (tertiary/aromatic N) is 3. The van der Waals surface area contributed by atoms with Gasteiger partial charge >= 0.3 is 0 Å². The lowest BCUT2D eigenvalue weighted by Crippen LogP contribution is -2.30. The van der Waals surface area contributed by atoms with Crippen LogP contribution >= 0.6 is 0 Å². The third-order valence-electron chi connectivity index (χ3n) is 6.05. The number of aryl methyl sites for hydroxylation is 2. The average Bonchev–Trinajstić information content (AvgIpc) is 2.92. The Morgan fingerprint density at radius 1 is 0.750 bits per heavy atom. The van der Waals surface area contributed by atoms with Crippen LogP contribution in [-0.4, -0.2) is 28.0 Å². The maximum atomic E-state index is 4.84. The van der Waals surface area contributed by atoms with E-state index in [4.69, 9.17) is 4.98 Å². The van der Waals surface area contributed by atoms with Gasteiger partial charge in [-0.15, -0.1) is 0 Å². The highest BCUT2D eigenvalue weighted by atomic mass is 15.1. The topological polar surface area (TPSA) is 29.0 Å². The molecule has 3 nitrogen and oxygen atoms in total. The molecular weight excluding hydrogens is 342 g/mol. The van der Waals surface area contributed by atoms with Gasteiger partial charge in [0, 0.05) is 43.8 Å². The number of likely N-dealkylation sites (tertiary alicyclic amines) is 1. The number of hydrogen-bond donors (Lipinski definition) is 0. The summed E-state index contributed by atoms with van der Waals surface area (Å²) in [5.41, 5.74) is 9.79. The van der Waals surface area contributed by atoms with Crippen LogP contribution in [0.25, 0.3) is 5.57 Å². The van der Waals surface area contributed by atoms with Gasteiger partial charge in [-0.1, -0.05) is 35.9 Å². The van der Waals surface area contributed by atoms with Gasteiger partial charge in [-0.05, 0) is 66.1 Å². The fraction of sp³-hybridized carbons (Fsp3) is 0.280. The molecule has 0 bridgehead atoms. The lowest BCUT2D eigenvalue weighted by Gasteiger charge is -2.30. The van der Waals surface area contributed by atoms with Crippen molar-refractivity contribution in [3.63, 3.8) is 0 Å². The van der Waals surface area contributed by atoms with Crippen molar-refractivity contribution in [2.75, 3.05) is 13.1 Å². The van der Waals surface area contributed by atoms with E-state index >= 15 is 0 Å². The van der Waals surface area contributed by atoms with Crippen LogP contribution in [0.15, 0.2) is 72.7 Å². The first-order valence-electron chi connectivity index (χ1n) is 10.2. The van der Waals surface area contributed by atoms with E-state index in [1.54, 1.807) is 5.57 Å². The Hall–Kier alpha value is -2.78. The molecule has 1 aliphatic carbocycles. The minimum absolute atomic E-state index is 1.01. The van der Waals surface area contributed by atoms with Crippen LogP contribution in [0.2, 0.25) is 0 Å². The zero-order chi connectivity index (χ0) is 18.8. The number of fused-ring (bicyclic) bond motifs is 2. The summed E-state index contributed by atoms with van der Waals surface area (Å²) < 4.78 is 0. The predicted octanol–water partition coefficient (Wildman–Crippen LogP) is 4.67. The molecule has 1 fully saturated rings. The molecule has 1 saturated heterocycles. The average molecular weight is 367 g/mol. The van der Waals surface area contributed by atoms with E-state index in [1.807, 2.05) is 18.6 Å². The largest absolute Gasteiger partial charge is 0.298 e. The summed E-state index contributed by atoms with van der Waals surface area (Å²) in [6.45, 7) is 3.22. The molecule has 3 aromatic rings. The Bertz CT molecular complexity index is 948. The van der Waals surface area contributed by atoms with E-state index in [2.05, 4.69) is 58.4 Å². The fourth-order valence-electron chi connectivity index (χ4n) is 4.58. The summed E-state index contributed by atoms with van der Waals surface area (Å²) in [4.78, 5) is 11.5. The smallest absolute Gasteiger partial charge is 0.0739 e. The molecule has 2 aliphatic rings. The third-order valence-corrected chi connectivity index (χ3v) is 6.05. The van der Waals surface area contributed by atoms with Gasteiger partial charge in [-0.2, -0.15) is 0 Å². The number of hydrogen-bond acceptors (Lipinski definition) is 3. The second-order valence-electron chi connectivity index (χ2n) is 7.78. The van der Waals surface area contributed by atoms with E-state index in [-0.39, 0.29) is 0 Å². The number of aromatic nitrogens is 2. The second kappa shape index (κ2) is 7.69. The van der Waals surface area contributed by atoms with Crippen molar-refractivity contribution in [3.8, 4) is 0 Å². The van der Waals surface area contributed by atoms with Crippen LogP contribution < -0.4 is 0 Å². The molecule has 2 aromatic heterocycles. The van der Waals surface area contributed by atoms with Gasteiger partial charge in [0.05, 0.1) is 5.69 Å². The first kappa shape index (κ1) is 17.3. The highest BCUT2D eigenvalue weighted by Gasteiger charge is 2.24. The van der Waals surface area contributed by atoms with Gasteiger partial charge < -0.3 is 0 Å². The van der Waals surface area contributed by atoms with Crippen molar-refractivity contribution in [2.24, 2.45) is 0 Å². The molecule has 0 spiro atoms. The number of benzene rings is 1. The van der Waals surface area contributed by atoms with E-state index in [1.165, 1.54) is 33.5 Å². The Morgan fingerprint density at radius 2 is 1.50 bits per heavy atom. The Labute approximate surface area is 166 Å². The molecule has 0 amide bonds. The zero-order valence-corrected chi connectivity index (χ0v) is 16.1. The van der Waals surface area contributed by atoms with E-state index in [0.717, 1.165) is 45.3 Å². The summed E-state index contributed by atoms with van der Waals surface area (Å²) in [6, 6.07) is 17.5. The highest BCUT2D eigenvalue weighted by molar-refractivity contribution is 5.84. The van der Waals surface area contributed by atoms with Crippen molar-refractivity contribution in [1.82, 2.24) is 14.9 Å². The van der Waals surface area contributed by atoms with Gasteiger partial charge in [0.1, 0.15) is 0 Å². The standard InChI is InChI=1S/C25H25N3/c1-2-6-23-20(4-1)7-8-22-5-3-13-27-25(22)24(23)21-11-16-28(17-12-21)18-19-9-14-26-15-10-19/h1-6,9-10,13-15H,7-8,11-12,16-18H2. The number of pyridine rings is 2. The molecule has 1 aliphatic heterocycles. The van der Waals surface area contributed by atoms with Crippen LogP contribution in [0.3, 0.4) is 0 Å². The van der Waals surface area contributed by atoms with E-state index < -0.39 is 0 Å². The van der Waals surface area contributed by atoms with Crippen molar-refractivity contribution in [3.05, 3.63) is 101 Å². The van der Waals surface area contributed by atoms with Crippen molar-refractivity contribution < 1.29 is 0 Å². The summed E-state index contributed by atoms with van der Waals surface area (Å²) >= 11 is 0. The summed E-state index contributed by atoms with van der Waals surface area (Å²) in [5, 5.41) is 0. The van der Waals surface area contributed by atoms with Crippen LogP contribution in [0.4, 0.5) is 0 Å². The highest BCUT2D eigenvalue weighted by Crippen LogP contribution is 2.37. The summed E-state index contributed by atoms with van der Waals surface area (Å²) in [5.74, 6) is 0. The molecule has 0 saturated carbocycles. The molecule has 0 unspecified atom stereocenters. The lowest BCUT2D eigenvalue weighted by atomic mass is 9.88. The molecule has 5 rings (SSSR count). The Kier molecular flexibility index (Phi) is 4.76. The van der Waals surface area contributed by atoms with E-state index in [9.17, 15) is 0 Å². The zero-order valence-electron chi connectivity index (χ0n) is 16.1. The maximum Gasteiger partial charge on any atom is 0.0739 e. The quantitative estimate of drug-likeness (QED) is 0.659. The monoisotopic (exact) mass is 367 g/mol. The first-order chi connectivity index (χ1) is 13.9.